The molecule has 1 aromatic carbocycles. The van der Waals surface area contributed by atoms with Gasteiger partial charge < -0.3 is 19.9 Å². The summed E-state index contributed by atoms with van der Waals surface area (Å²) in [5.74, 6) is 4.74. The lowest BCUT2D eigenvalue weighted by atomic mass is 10.0. The highest BCUT2D eigenvalue weighted by atomic mass is 28.3. The van der Waals surface area contributed by atoms with Gasteiger partial charge in [0, 0.05) is 49.3 Å². The van der Waals surface area contributed by atoms with Crippen molar-refractivity contribution in [3.63, 3.8) is 0 Å². The van der Waals surface area contributed by atoms with Crippen LogP contribution in [0.1, 0.15) is 61.0 Å². The van der Waals surface area contributed by atoms with Crippen LogP contribution in [0.5, 0.6) is 0 Å². The highest BCUT2D eigenvalue weighted by Crippen LogP contribution is 2.41. The van der Waals surface area contributed by atoms with Gasteiger partial charge in [0.2, 0.25) is 5.95 Å². The van der Waals surface area contributed by atoms with E-state index >= 15 is 0 Å². The number of nitrogens with one attached hydrogen (secondary N) is 1. The maximum absolute atomic E-state index is 13.0. The number of hydrogen-bond acceptors (Lipinski definition) is 8. The van der Waals surface area contributed by atoms with Gasteiger partial charge in [-0.2, -0.15) is 4.98 Å². The predicted molar refractivity (Wildman–Crippen MR) is 187 cm³/mol. The number of carbonyl (C=O) groups excluding carboxylic acids is 1. The van der Waals surface area contributed by atoms with Crippen molar-refractivity contribution in [2.75, 3.05) is 55.0 Å². The first-order valence-corrected chi connectivity index (χ1v) is 18.6. The Labute approximate surface area is 269 Å². The molecule has 2 aromatic heterocycles. The molecule has 2 saturated heterocycles. The van der Waals surface area contributed by atoms with Crippen LogP contribution in [-0.4, -0.2) is 79.9 Å². The Morgan fingerprint density at radius 1 is 0.933 bits per heavy atom. The highest BCUT2D eigenvalue weighted by molar-refractivity contribution is 6.90. The van der Waals surface area contributed by atoms with Gasteiger partial charge >= 0.3 is 6.09 Å². The fourth-order valence-corrected chi connectivity index (χ4v) is 12.2. The van der Waals surface area contributed by atoms with Crippen molar-refractivity contribution in [2.24, 2.45) is 5.92 Å². The van der Waals surface area contributed by atoms with Gasteiger partial charge in [-0.25, -0.2) is 14.8 Å². The number of likely N-dealkylation sites (N-methyl/N-ethyl adjacent to an activating group) is 1. The molecule has 240 valence electrons. The van der Waals surface area contributed by atoms with E-state index in [1.54, 1.807) is 11.1 Å². The summed E-state index contributed by atoms with van der Waals surface area (Å²) in [6, 6.07) is 10.2. The van der Waals surface area contributed by atoms with Gasteiger partial charge in [-0.1, -0.05) is 61.3 Å². The molecule has 0 bridgehead atoms. The van der Waals surface area contributed by atoms with Gasteiger partial charge in [0.15, 0.2) is 5.65 Å². The van der Waals surface area contributed by atoms with E-state index in [1.165, 1.54) is 5.69 Å². The lowest BCUT2D eigenvalue weighted by molar-refractivity contribution is 0.177. The number of aromatic nitrogens is 3. The molecule has 2 aliphatic rings. The fraction of sp³-hybridized carbons (Fsp3) is 0.543. The zero-order valence-corrected chi connectivity index (χ0v) is 29.4. The Morgan fingerprint density at radius 2 is 1.58 bits per heavy atom. The molecule has 9 nitrogen and oxygen atoms in total. The number of anilines is 4. The van der Waals surface area contributed by atoms with Crippen LogP contribution in [0.15, 0.2) is 36.5 Å². The van der Waals surface area contributed by atoms with Crippen molar-refractivity contribution in [1.82, 2.24) is 19.9 Å². The zero-order valence-electron chi connectivity index (χ0n) is 28.4. The Hall–Kier alpha value is -3.68. The molecule has 10 heteroatoms. The summed E-state index contributed by atoms with van der Waals surface area (Å²) in [5.41, 5.74) is 8.71. The minimum atomic E-state index is -2.02. The first-order chi connectivity index (χ1) is 21.4. The van der Waals surface area contributed by atoms with Crippen LogP contribution in [0.4, 0.5) is 27.9 Å². The smallest absolute Gasteiger partial charge is 0.415 e. The zero-order chi connectivity index (χ0) is 32.5. The number of carbonyl (C=O) groups is 1. The quantitative estimate of drug-likeness (QED) is 0.210. The van der Waals surface area contributed by atoms with Crippen LogP contribution < -0.4 is 15.1 Å². The summed E-state index contributed by atoms with van der Waals surface area (Å²) >= 11 is 0. The van der Waals surface area contributed by atoms with E-state index in [9.17, 15) is 4.79 Å². The number of amides is 1. The van der Waals surface area contributed by atoms with Crippen molar-refractivity contribution >= 4 is 48.3 Å². The van der Waals surface area contributed by atoms with Crippen LogP contribution in [0.3, 0.4) is 0 Å². The summed E-state index contributed by atoms with van der Waals surface area (Å²) in [7, 11) is 0.145. The van der Waals surface area contributed by atoms with Crippen LogP contribution in [0.2, 0.25) is 16.6 Å². The molecule has 0 unspecified atom stereocenters. The van der Waals surface area contributed by atoms with Crippen molar-refractivity contribution in [3.8, 4) is 11.5 Å². The third-order valence-electron chi connectivity index (χ3n) is 9.75. The highest BCUT2D eigenvalue weighted by Gasteiger charge is 2.42. The minimum absolute atomic E-state index is 0.114. The van der Waals surface area contributed by atoms with Crippen molar-refractivity contribution < 1.29 is 9.53 Å². The first-order valence-electron chi connectivity index (χ1n) is 16.4. The Kier molecular flexibility index (Phi) is 9.70. The topological polar surface area (TPSA) is 86.7 Å². The number of cyclic esters (lactones) is 1. The molecule has 1 N–H and O–H groups in total. The monoisotopic (exact) mass is 627 g/mol. The van der Waals surface area contributed by atoms with Crippen molar-refractivity contribution in [3.05, 3.63) is 42.1 Å². The second-order valence-corrected chi connectivity index (χ2v) is 19.4. The number of hydrogen-bond donors (Lipinski definition) is 1. The molecular weight excluding hydrogens is 579 g/mol. The van der Waals surface area contributed by atoms with E-state index in [-0.39, 0.29) is 18.1 Å². The summed E-state index contributed by atoms with van der Waals surface area (Å²) in [6.07, 6.45) is 1.41. The molecule has 3 aromatic rings. The largest absolute Gasteiger partial charge is 0.447 e. The average molecular weight is 628 g/mol. The number of nitrogens with zero attached hydrogens (tertiary/aromatic N) is 6. The van der Waals surface area contributed by atoms with Gasteiger partial charge in [0.25, 0.3) is 0 Å². The third-order valence-corrected chi connectivity index (χ3v) is 16.0. The van der Waals surface area contributed by atoms with Crippen LogP contribution >= 0.6 is 0 Å². The molecule has 1 amide bonds. The molecule has 4 heterocycles. The summed E-state index contributed by atoms with van der Waals surface area (Å²) < 4.78 is 5.48. The molecule has 0 aliphatic carbocycles. The standard InChI is InChI=1S/C35H49N7O2Si/c1-23(2)31-22-44-35(43)42(31)32-20-27(14-19-45(24(3)4,25(5)6)26(7)8)30-21-36-34(39-33(30)38-32)37-28-10-12-29(13-11-28)41-17-15-40(9)16-18-41/h10-13,20-21,23-26,31H,15-18,22H2,1-9H3,(H,36,37,38,39)/t31-/m1/s1. The first kappa shape index (κ1) is 32.7. The van der Waals surface area contributed by atoms with Gasteiger partial charge in [-0.3, -0.25) is 4.90 Å². The van der Waals surface area contributed by atoms with E-state index in [2.05, 4.69) is 118 Å². The van der Waals surface area contributed by atoms with E-state index in [1.807, 2.05) is 6.07 Å². The second-order valence-electron chi connectivity index (χ2n) is 13.8. The summed E-state index contributed by atoms with van der Waals surface area (Å²) in [5, 5.41) is 4.13. The number of ether oxygens (including phenoxy) is 1. The molecule has 2 fully saturated rings. The van der Waals surface area contributed by atoms with E-state index in [0.717, 1.165) is 42.8 Å². The number of rotatable bonds is 8. The SMILES string of the molecule is CC(C)[C@H]1COC(=O)N1c1cc(C#C[Si](C(C)C)(C(C)C)C(C)C)c2cnc(Nc3ccc(N4CCN(C)CC4)cc3)nc2n1. The molecule has 5 rings (SSSR count). The lowest BCUT2D eigenvalue weighted by Gasteiger charge is -2.38. The van der Waals surface area contributed by atoms with Gasteiger partial charge in [-0.15, -0.1) is 5.54 Å². The maximum Gasteiger partial charge on any atom is 0.415 e. The molecule has 1 atom stereocenters. The Balaban J connectivity index is 1.54. The summed E-state index contributed by atoms with van der Waals surface area (Å²) in [6.45, 7) is 22.5. The number of fused-ring (bicyclic) bond motifs is 1. The van der Waals surface area contributed by atoms with Crippen LogP contribution in [-0.2, 0) is 4.74 Å². The van der Waals surface area contributed by atoms with Gasteiger partial charge in [-0.05, 0) is 59.9 Å². The molecule has 0 spiro atoms. The molecular formula is C35H49N7O2Si. The van der Waals surface area contributed by atoms with Crippen molar-refractivity contribution in [2.45, 2.75) is 78.1 Å². The summed E-state index contributed by atoms with van der Waals surface area (Å²) in [4.78, 5) is 33.8. The fourth-order valence-electron chi connectivity index (χ4n) is 7.03. The van der Waals surface area contributed by atoms with E-state index < -0.39 is 8.07 Å². The predicted octanol–water partition coefficient (Wildman–Crippen LogP) is 7.07. The second kappa shape index (κ2) is 13.4. The van der Waals surface area contributed by atoms with E-state index in [4.69, 9.17) is 14.7 Å². The normalized spacial score (nSPS) is 17.9. The number of benzene rings is 1. The van der Waals surface area contributed by atoms with Gasteiger partial charge in [0.1, 0.15) is 20.5 Å². The van der Waals surface area contributed by atoms with Gasteiger partial charge in [0.05, 0.1) is 11.4 Å². The van der Waals surface area contributed by atoms with Crippen LogP contribution in [0, 0.1) is 17.4 Å². The maximum atomic E-state index is 13.0. The lowest BCUT2D eigenvalue weighted by Crippen LogP contribution is -2.44. The van der Waals surface area contributed by atoms with Crippen LogP contribution in [0.25, 0.3) is 11.0 Å². The van der Waals surface area contributed by atoms with Crippen molar-refractivity contribution in [1.29, 1.82) is 0 Å². The molecule has 0 saturated carbocycles. The van der Waals surface area contributed by atoms with E-state index in [0.29, 0.717) is 40.6 Å². The third kappa shape index (κ3) is 6.65. The Morgan fingerprint density at radius 3 is 2.18 bits per heavy atom. The minimum Gasteiger partial charge on any atom is -0.447 e. The molecule has 0 radical (unpaired) electrons. The molecule has 2 aliphatic heterocycles. The average Bonchev–Trinajstić information content (AvgIpc) is 3.39. The molecule has 45 heavy (non-hydrogen) atoms. The number of pyridine rings is 1. The Bertz CT molecular complexity index is 1550. The number of piperazine rings is 1.